The Bertz CT molecular complexity index is 503. The van der Waals surface area contributed by atoms with Crippen LogP contribution in [-0.2, 0) is 0 Å². The van der Waals surface area contributed by atoms with E-state index in [0.717, 1.165) is 30.4 Å². The molecule has 0 bridgehead atoms. The molecule has 0 aliphatic carbocycles. The monoisotopic (exact) mass is 284 g/mol. The molecular weight excluding hydrogens is 278 g/mol. The fourth-order valence-electron chi connectivity index (χ4n) is 1.50. The molecule has 19 heavy (non-hydrogen) atoms. The van der Waals surface area contributed by atoms with Crippen molar-refractivity contribution in [3.8, 4) is 11.5 Å². The van der Waals surface area contributed by atoms with E-state index in [4.69, 9.17) is 0 Å². The van der Waals surface area contributed by atoms with Crippen LogP contribution in [0.2, 0.25) is 0 Å². The van der Waals surface area contributed by atoms with Gasteiger partial charge in [0.15, 0.2) is 0 Å². The van der Waals surface area contributed by atoms with Crippen molar-refractivity contribution in [3.05, 3.63) is 29.8 Å². The first-order chi connectivity index (χ1) is 8.65. The van der Waals surface area contributed by atoms with Crippen LogP contribution in [0.15, 0.2) is 24.3 Å². The molecule has 2 rings (SSSR count). The average molecular weight is 284 g/mol. The first-order valence-corrected chi connectivity index (χ1v) is 4.96. The number of halogens is 6. The van der Waals surface area contributed by atoms with Crippen LogP contribution in [0.4, 0.5) is 26.3 Å². The van der Waals surface area contributed by atoms with E-state index in [1.54, 1.807) is 0 Å². The fourth-order valence-corrected chi connectivity index (χ4v) is 1.50. The van der Waals surface area contributed by atoms with Crippen LogP contribution in [-0.4, -0.2) is 18.6 Å². The molecule has 0 amide bonds. The van der Waals surface area contributed by atoms with Gasteiger partial charge in [-0.05, 0) is 24.3 Å². The van der Waals surface area contributed by atoms with Gasteiger partial charge in [0, 0.05) is 5.56 Å². The van der Waals surface area contributed by atoms with Gasteiger partial charge in [0.05, 0.1) is 0 Å². The predicted molar refractivity (Wildman–Crippen MR) is 52.6 cm³/mol. The first-order valence-electron chi connectivity index (χ1n) is 4.96. The van der Waals surface area contributed by atoms with Gasteiger partial charge in [-0.15, -0.1) is 13.2 Å². The third kappa shape index (κ3) is 3.33. The predicted octanol–water partition coefficient (Wildman–Crippen LogP) is 3.92. The molecule has 0 spiro atoms. The summed E-state index contributed by atoms with van der Waals surface area (Å²) in [7, 11) is 0. The van der Waals surface area contributed by atoms with E-state index < -0.39 is 24.4 Å². The summed E-state index contributed by atoms with van der Waals surface area (Å²) in [5.74, 6) is -0.677. The highest BCUT2D eigenvalue weighted by Crippen LogP contribution is 2.35. The third-order valence-electron chi connectivity index (χ3n) is 2.24. The van der Waals surface area contributed by atoms with Gasteiger partial charge >= 0.3 is 12.5 Å². The molecule has 1 aliphatic heterocycles. The van der Waals surface area contributed by atoms with E-state index >= 15 is 0 Å². The van der Waals surface area contributed by atoms with E-state index in [9.17, 15) is 26.3 Å². The van der Waals surface area contributed by atoms with Gasteiger partial charge in [0.25, 0.3) is 0 Å². The second-order valence-electron chi connectivity index (χ2n) is 3.69. The Morgan fingerprint density at radius 3 is 2.32 bits per heavy atom. The van der Waals surface area contributed by atoms with E-state index in [1.807, 2.05) is 0 Å². The number of hydrogen-bond acceptors (Lipinski definition) is 2. The molecule has 0 saturated heterocycles. The summed E-state index contributed by atoms with van der Waals surface area (Å²) >= 11 is 0. The summed E-state index contributed by atoms with van der Waals surface area (Å²) in [5.41, 5.74) is 0.0854. The van der Waals surface area contributed by atoms with Crippen LogP contribution in [0, 0.1) is 0 Å². The van der Waals surface area contributed by atoms with Crippen LogP contribution < -0.4 is 9.47 Å². The largest absolute Gasteiger partial charge is 0.573 e. The zero-order valence-corrected chi connectivity index (χ0v) is 9.05. The third-order valence-corrected chi connectivity index (χ3v) is 2.24. The minimum Gasteiger partial charge on any atom is -0.476 e. The number of ether oxygens (including phenoxy) is 2. The lowest BCUT2D eigenvalue weighted by Crippen LogP contribution is -2.33. The molecule has 1 aromatic rings. The minimum absolute atomic E-state index is 0.0854. The second-order valence-corrected chi connectivity index (χ2v) is 3.69. The van der Waals surface area contributed by atoms with E-state index in [1.165, 1.54) is 0 Å². The van der Waals surface area contributed by atoms with Crippen molar-refractivity contribution in [3.63, 3.8) is 0 Å². The van der Waals surface area contributed by atoms with E-state index in [0.29, 0.717) is 0 Å². The molecule has 1 heterocycles. The van der Waals surface area contributed by atoms with Crippen LogP contribution in [0.1, 0.15) is 5.56 Å². The van der Waals surface area contributed by atoms with Crippen molar-refractivity contribution >= 4 is 6.08 Å². The van der Waals surface area contributed by atoms with Crippen molar-refractivity contribution in [2.45, 2.75) is 18.6 Å². The number of alkyl halides is 6. The normalized spacial score (nSPS) is 18.7. The number of fused-ring (bicyclic) bond motifs is 1. The molecule has 0 saturated carbocycles. The molecule has 2 nitrogen and oxygen atoms in total. The zero-order chi connectivity index (χ0) is 14.3. The van der Waals surface area contributed by atoms with E-state index in [-0.39, 0.29) is 11.3 Å². The smallest absolute Gasteiger partial charge is 0.476 e. The molecule has 0 N–H and O–H groups in total. The highest BCUT2D eigenvalue weighted by atomic mass is 19.4. The lowest BCUT2D eigenvalue weighted by Gasteiger charge is -2.23. The Labute approximate surface area is 103 Å². The fraction of sp³-hybridized carbons (Fsp3) is 0.273. The van der Waals surface area contributed by atoms with Crippen molar-refractivity contribution in [2.75, 3.05) is 0 Å². The first kappa shape index (κ1) is 13.6. The Balaban J connectivity index is 2.22. The van der Waals surface area contributed by atoms with Crippen LogP contribution >= 0.6 is 0 Å². The number of benzene rings is 1. The molecule has 104 valence electrons. The van der Waals surface area contributed by atoms with Crippen molar-refractivity contribution in [1.82, 2.24) is 0 Å². The highest BCUT2D eigenvalue weighted by Gasteiger charge is 2.41. The quantitative estimate of drug-likeness (QED) is 0.728. The van der Waals surface area contributed by atoms with Gasteiger partial charge in [0.2, 0.25) is 6.10 Å². The van der Waals surface area contributed by atoms with Crippen LogP contribution in [0.5, 0.6) is 11.5 Å². The molecule has 1 unspecified atom stereocenters. The highest BCUT2D eigenvalue weighted by molar-refractivity contribution is 5.62. The summed E-state index contributed by atoms with van der Waals surface area (Å²) in [6.07, 6.45) is -9.77. The Hall–Kier alpha value is -1.86. The Morgan fingerprint density at radius 1 is 1.05 bits per heavy atom. The van der Waals surface area contributed by atoms with Gasteiger partial charge in [-0.3, -0.25) is 0 Å². The molecule has 0 fully saturated rings. The summed E-state index contributed by atoms with van der Waals surface area (Å²) in [6.45, 7) is 0. The SMILES string of the molecule is FC(F)(F)Oc1ccc2c(c1)C=CC(C(F)(F)F)O2. The van der Waals surface area contributed by atoms with Crippen molar-refractivity contribution < 1.29 is 35.8 Å². The van der Waals surface area contributed by atoms with Gasteiger partial charge in [-0.1, -0.05) is 6.08 Å². The number of rotatable bonds is 1. The molecule has 0 aromatic heterocycles. The van der Waals surface area contributed by atoms with Crippen LogP contribution in [0.25, 0.3) is 6.08 Å². The zero-order valence-electron chi connectivity index (χ0n) is 9.05. The topological polar surface area (TPSA) is 18.5 Å². The van der Waals surface area contributed by atoms with Crippen LogP contribution in [0.3, 0.4) is 0 Å². The summed E-state index contributed by atoms with van der Waals surface area (Å²) in [5, 5.41) is 0. The molecule has 1 aromatic carbocycles. The summed E-state index contributed by atoms with van der Waals surface area (Å²) in [6, 6.07) is 2.84. The van der Waals surface area contributed by atoms with Gasteiger partial charge < -0.3 is 9.47 Å². The molecule has 1 aliphatic rings. The standard InChI is InChI=1S/C11H6F6O2/c12-10(13,14)9-4-1-6-5-7(19-11(15,16)17)2-3-8(6)18-9/h1-5,9H. The summed E-state index contributed by atoms with van der Waals surface area (Å²) in [4.78, 5) is 0. The molecule has 1 atom stereocenters. The maximum Gasteiger partial charge on any atom is 0.573 e. The maximum atomic E-state index is 12.4. The van der Waals surface area contributed by atoms with Crippen molar-refractivity contribution in [2.24, 2.45) is 0 Å². The van der Waals surface area contributed by atoms with Gasteiger partial charge in [-0.2, -0.15) is 13.2 Å². The molecular formula is C11H6F6O2. The molecule has 8 heteroatoms. The maximum absolute atomic E-state index is 12.4. The van der Waals surface area contributed by atoms with Crippen molar-refractivity contribution in [1.29, 1.82) is 0 Å². The second kappa shape index (κ2) is 4.36. The average Bonchev–Trinajstić information content (AvgIpc) is 2.24. The summed E-state index contributed by atoms with van der Waals surface area (Å²) < 4.78 is 81.4. The molecule has 0 radical (unpaired) electrons. The Morgan fingerprint density at radius 2 is 1.74 bits per heavy atom. The van der Waals surface area contributed by atoms with E-state index in [2.05, 4.69) is 9.47 Å². The minimum atomic E-state index is -4.86. The lowest BCUT2D eigenvalue weighted by molar-refractivity contribution is -0.274. The Kier molecular flexibility index (Phi) is 3.11. The van der Waals surface area contributed by atoms with Gasteiger partial charge in [0.1, 0.15) is 11.5 Å². The lowest BCUT2D eigenvalue weighted by atomic mass is 10.1. The number of hydrogen-bond donors (Lipinski definition) is 0. The van der Waals surface area contributed by atoms with Gasteiger partial charge in [-0.25, -0.2) is 0 Å².